The van der Waals surface area contributed by atoms with Crippen LogP contribution in [-0.4, -0.2) is 38.5 Å². The van der Waals surface area contributed by atoms with Crippen LogP contribution in [0.2, 0.25) is 0 Å². The first kappa shape index (κ1) is 20.1. The number of benzene rings is 1. The van der Waals surface area contributed by atoms with Crippen LogP contribution >= 0.6 is 0 Å². The summed E-state index contributed by atoms with van der Waals surface area (Å²) in [5.74, 6) is -0.507. The molecule has 1 radical (unpaired) electrons. The van der Waals surface area contributed by atoms with Crippen LogP contribution in [0.3, 0.4) is 0 Å². The fourth-order valence-corrected chi connectivity index (χ4v) is 3.65. The summed E-state index contributed by atoms with van der Waals surface area (Å²) >= 11 is 0. The van der Waals surface area contributed by atoms with Crippen LogP contribution in [0.1, 0.15) is 24.1 Å². The monoisotopic (exact) mass is 417 g/mol. The van der Waals surface area contributed by atoms with Gasteiger partial charge < -0.3 is 5.32 Å². The number of pyridine rings is 1. The van der Waals surface area contributed by atoms with E-state index in [9.17, 15) is 18.0 Å². The smallest absolute Gasteiger partial charge is 0.323 e. The summed E-state index contributed by atoms with van der Waals surface area (Å²) < 4.78 is 39.8. The van der Waals surface area contributed by atoms with Gasteiger partial charge in [-0.15, -0.1) is 5.10 Å². The zero-order valence-electron chi connectivity index (χ0n) is 16.0. The molecule has 0 saturated carbocycles. The first-order valence-corrected chi connectivity index (χ1v) is 9.56. The van der Waals surface area contributed by atoms with E-state index in [0.29, 0.717) is 24.4 Å². The average molecular weight is 417 g/mol. The third-order valence-corrected chi connectivity index (χ3v) is 5.17. The zero-order valence-corrected chi connectivity index (χ0v) is 16.0. The molecule has 157 valence electrons. The summed E-state index contributed by atoms with van der Waals surface area (Å²) in [5.41, 5.74) is 8.58. The van der Waals surface area contributed by atoms with Gasteiger partial charge in [0.15, 0.2) is 5.65 Å². The van der Waals surface area contributed by atoms with Crippen molar-refractivity contribution < 1.29 is 18.0 Å². The van der Waals surface area contributed by atoms with Gasteiger partial charge >= 0.3 is 6.18 Å². The Morgan fingerprint density at radius 3 is 2.67 bits per heavy atom. The minimum Gasteiger partial charge on any atom is -0.323 e. The number of aromatic nitrogens is 3. The van der Waals surface area contributed by atoms with Gasteiger partial charge in [0, 0.05) is 18.8 Å². The molecule has 1 aliphatic rings. The van der Waals surface area contributed by atoms with Crippen LogP contribution in [0.5, 0.6) is 0 Å². The van der Waals surface area contributed by atoms with Gasteiger partial charge in [-0.1, -0.05) is 6.07 Å². The zero-order chi connectivity index (χ0) is 21.3. The molecule has 1 aromatic carbocycles. The first-order chi connectivity index (χ1) is 14.3. The van der Waals surface area contributed by atoms with E-state index in [4.69, 9.17) is 5.73 Å². The number of anilines is 2. The lowest BCUT2D eigenvalue weighted by atomic mass is 9.97. The number of rotatable bonds is 5. The molecule has 3 aromatic rings. The second-order valence-electron chi connectivity index (χ2n) is 7.36. The van der Waals surface area contributed by atoms with E-state index >= 15 is 0 Å². The number of halogens is 3. The Bertz CT molecular complexity index is 1050. The first-order valence-electron chi connectivity index (χ1n) is 9.56. The van der Waals surface area contributed by atoms with Gasteiger partial charge in [-0.3, -0.25) is 15.4 Å². The molecule has 1 amide bonds. The van der Waals surface area contributed by atoms with E-state index in [2.05, 4.69) is 20.3 Å². The molecule has 1 unspecified atom stereocenters. The quantitative estimate of drug-likeness (QED) is 0.687. The molecule has 1 aliphatic heterocycles. The molecule has 2 aromatic heterocycles. The van der Waals surface area contributed by atoms with E-state index < -0.39 is 17.6 Å². The van der Waals surface area contributed by atoms with E-state index in [-0.39, 0.29) is 11.9 Å². The molecule has 2 N–H and O–H groups in total. The number of amides is 1. The maximum atomic E-state index is 12.7. The van der Waals surface area contributed by atoms with Gasteiger partial charge in [-0.2, -0.15) is 18.2 Å². The van der Waals surface area contributed by atoms with E-state index in [1.165, 1.54) is 12.1 Å². The number of hydrogen-bond acceptors (Lipinski definition) is 5. The van der Waals surface area contributed by atoms with Crippen LogP contribution < -0.4 is 11.1 Å². The number of carbonyl (C=O) groups is 1. The standard InChI is InChI=1S/C20H20F3N6O/c21-20(22,23)14-6-8-15(9-7-14)25-19-26-17-5-1-4-16(29(17)27-19)12-28-10-2-3-13(11-28)18(24)30/h1,4-9,13,24H,2-3,10-12H2,(H,25,27). The molecule has 3 heterocycles. The summed E-state index contributed by atoms with van der Waals surface area (Å²) in [6.07, 6.45) is -2.77. The second-order valence-corrected chi connectivity index (χ2v) is 7.36. The number of piperidine rings is 1. The molecule has 1 fully saturated rings. The van der Waals surface area contributed by atoms with Crippen molar-refractivity contribution in [3.8, 4) is 0 Å². The lowest BCUT2D eigenvalue weighted by Gasteiger charge is -2.30. The van der Waals surface area contributed by atoms with Gasteiger partial charge in [0.1, 0.15) is 0 Å². The number of alkyl halides is 3. The van der Waals surface area contributed by atoms with Gasteiger partial charge in [0.25, 0.3) is 0 Å². The molecule has 7 nitrogen and oxygen atoms in total. The summed E-state index contributed by atoms with van der Waals surface area (Å²) in [5, 5.41) is 7.37. The summed E-state index contributed by atoms with van der Waals surface area (Å²) in [6, 6.07) is 10.2. The van der Waals surface area contributed by atoms with Crippen molar-refractivity contribution in [2.24, 2.45) is 5.92 Å². The highest BCUT2D eigenvalue weighted by molar-refractivity contribution is 5.76. The fraction of sp³-hybridized carbons (Fsp3) is 0.350. The third-order valence-electron chi connectivity index (χ3n) is 5.17. The number of nitrogens with one attached hydrogen (secondary N) is 2. The Morgan fingerprint density at radius 2 is 1.97 bits per heavy atom. The lowest BCUT2D eigenvalue weighted by Crippen LogP contribution is -2.38. The Morgan fingerprint density at radius 1 is 1.20 bits per heavy atom. The molecule has 30 heavy (non-hydrogen) atoms. The average Bonchev–Trinajstić information content (AvgIpc) is 3.11. The molecular weight excluding hydrogens is 397 g/mol. The van der Waals surface area contributed by atoms with Crippen molar-refractivity contribution in [1.82, 2.24) is 25.2 Å². The fourth-order valence-electron chi connectivity index (χ4n) is 3.65. The molecule has 1 atom stereocenters. The van der Waals surface area contributed by atoms with Crippen molar-refractivity contribution >= 4 is 23.2 Å². The number of hydrogen-bond donors (Lipinski definition) is 1. The Labute approximate surface area is 170 Å². The Kier molecular flexibility index (Phi) is 5.33. The van der Waals surface area contributed by atoms with Gasteiger partial charge in [-0.25, -0.2) is 4.52 Å². The maximum absolute atomic E-state index is 12.7. The third kappa shape index (κ3) is 4.38. The van der Waals surface area contributed by atoms with Crippen molar-refractivity contribution in [1.29, 1.82) is 0 Å². The highest BCUT2D eigenvalue weighted by Crippen LogP contribution is 2.30. The highest BCUT2D eigenvalue weighted by atomic mass is 19.4. The van der Waals surface area contributed by atoms with E-state index in [1.807, 2.05) is 12.1 Å². The molecule has 10 heteroatoms. The predicted molar refractivity (Wildman–Crippen MR) is 104 cm³/mol. The Balaban J connectivity index is 1.51. The molecule has 1 saturated heterocycles. The minimum atomic E-state index is -4.38. The normalized spacial score (nSPS) is 17.9. The van der Waals surface area contributed by atoms with Crippen molar-refractivity contribution in [3.05, 3.63) is 53.7 Å². The van der Waals surface area contributed by atoms with Crippen molar-refractivity contribution in [3.63, 3.8) is 0 Å². The summed E-state index contributed by atoms with van der Waals surface area (Å²) in [7, 11) is 0. The van der Waals surface area contributed by atoms with Crippen molar-refractivity contribution in [2.45, 2.75) is 25.6 Å². The molecule has 0 aliphatic carbocycles. The van der Waals surface area contributed by atoms with Gasteiger partial charge in [0.2, 0.25) is 11.9 Å². The summed E-state index contributed by atoms with van der Waals surface area (Å²) in [6.45, 7) is 1.94. The van der Waals surface area contributed by atoms with E-state index in [1.54, 1.807) is 10.6 Å². The minimum absolute atomic E-state index is 0.259. The van der Waals surface area contributed by atoms with Gasteiger partial charge in [0.05, 0.1) is 17.2 Å². The highest BCUT2D eigenvalue weighted by Gasteiger charge is 2.30. The molecule has 4 rings (SSSR count). The number of fused-ring (bicyclic) bond motifs is 1. The van der Waals surface area contributed by atoms with Gasteiger partial charge in [-0.05, 0) is 55.8 Å². The Hall–Kier alpha value is -3.14. The van der Waals surface area contributed by atoms with Crippen LogP contribution in [0.4, 0.5) is 24.8 Å². The molecular formula is C20H20F3N6O. The van der Waals surface area contributed by atoms with Crippen molar-refractivity contribution in [2.75, 3.05) is 18.4 Å². The lowest BCUT2D eigenvalue weighted by molar-refractivity contribution is -0.137. The topological polar surface area (TPSA) is 86.3 Å². The van der Waals surface area contributed by atoms with Crippen LogP contribution in [0.15, 0.2) is 42.5 Å². The summed E-state index contributed by atoms with van der Waals surface area (Å²) in [4.78, 5) is 17.9. The predicted octanol–water partition coefficient (Wildman–Crippen LogP) is 3.51. The largest absolute Gasteiger partial charge is 0.416 e. The SMILES string of the molecule is [NH]C(=O)C1CCCN(Cc2cccc3nc(Nc4ccc(C(F)(F)F)cc4)nn23)C1. The number of carbonyl (C=O) groups excluding carboxylic acids is 1. The number of likely N-dealkylation sites (tertiary alicyclic amines) is 1. The molecule has 0 spiro atoms. The van der Waals surface area contributed by atoms with E-state index in [0.717, 1.165) is 37.2 Å². The number of nitrogens with zero attached hydrogens (tertiary/aromatic N) is 4. The van der Waals surface area contributed by atoms with Crippen LogP contribution in [-0.2, 0) is 17.5 Å². The molecule has 0 bridgehead atoms. The van der Waals surface area contributed by atoms with Crippen LogP contribution in [0, 0.1) is 5.92 Å². The second kappa shape index (κ2) is 7.94. The van der Waals surface area contributed by atoms with Crippen LogP contribution in [0.25, 0.3) is 5.65 Å². The maximum Gasteiger partial charge on any atom is 0.416 e.